The Balaban J connectivity index is 0. The summed E-state index contributed by atoms with van der Waals surface area (Å²) in [5.41, 5.74) is 0. The Kier molecular flexibility index (Phi) is 7.75. The van der Waals surface area contributed by atoms with Crippen molar-refractivity contribution in [3.63, 3.8) is 0 Å². The van der Waals surface area contributed by atoms with E-state index in [1.54, 1.807) is 0 Å². The van der Waals surface area contributed by atoms with E-state index in [9.17, 15) is 4.79 Å². The topological polar surface area (TPSA) is 64.1 Å². The lowest BCUT2D eigenvalue weighted by atomic mass is 10.2. The van der Waals surface area contributed by atoms with Crippen molar-refractivity contribution in [2.75, 3.05) is 12.4 Å². The molecule has 1 aromatic heterocycles. The Labute approximate surface area is 97.7 Å². The summed E-state index contributed by atoms with van der Waals surface area (Å²) in [6.45, 7) is 6.64. The fraction of sp³-hybridized carbons (Fsp3) is 0.545. The normalized spacial score (nSPS) is 9.06. The Hall–Kier alpha value is -1.65. The Morgan fingerprint density at radius 1 is 1.56 bits per heavy atom. The van der Waals surface area contributed by atoms with E-state index in [1.807, 2.05) is 0 Å². The van der Waals surface area contributed by atoms with Gasteiger partial charge in [-0.05, 0) is 5.92 Å². The van der Waals surface area contributed by atoms with Crippen LogP contribution in [0.1, 0.15) is 28.6 Å². The number of nitrogens with one attached hydrogen (secondary N) is 1. The number of methoxy groups -OCH3 is 1. The van der Waals surface area contributed by atoms with Gasteiger partial charge in [0.05, 0.1) is 13.3 Å². The van der Waals surface area contributed by atoms with Gasteiger partial charge in [-0.25, -0.2) is 9.78 Å². The molecule has 0 aliphatic heterocycles. The van der Waals surface area contributed by atoms with Crippen molar-refractivity contribution in [1.29, 1.82) is 0 Å². The SMILES string of the molecule is CCC(C)C.COC(=O)Nc1cnccn1.[HH]. The molecule has 1 aromatic rings. The first-order valence-corrected chi connectivity index (χ1v) is 5.21. The van der Waals surface area contributed by atoms with E-state index >= 15 is 0 Å². The summed E-state index contributed by atoms with van der Waals surface area (Å²) in [4.78, 5) is 18.1. The van der Waals surface area contributed by atoms with Crippen LogP contribution >= 0.6 is 0 Å². The van der Waals surface area contributed by atoms with E-state index in [1.165, 1.54) is 32.1 Å². The number of nitrogens with zero attached hydrogens (tertiary/aromatic N) is 2. The molecule has 0 aliphatic rings. The Bertz CT molecular complexity index is 294. The van der Waals surface area contributed by atoms with Crippen LogP contribution in [0.4, 0.5) is 10.6 Å². The second-order valence-corrected chi connectivity index (χ2v) is 3.51. The highest BCUT2D eigenvalue weighted by Gasteiger charge is 1.98. The van der Waals surface area contributed by atoms with Gasteiger partial charge in [0.15, 0.2) is 5.82 Å². The summed E-state index contributed by atoms with van der Waals surface area (Å²) < 4.78 is 4.34. The van der Waals surface area contributed by atoms with Gasteiger partial charge in [0, 0.05) is 13.8 Å². The lowest BCUT2D eigenvalue weighted by molar-refractivity contribution is 0.187. The third-order valence-corrected chi connectivity index (χ3v) is 1.80. The lowest BCUT2D eigenvalue weighted by Crippen LogP contribution is -2.11. The average Bonchev–Trinajstić information content (AvgIpc) is 2.31. The summed E-state index contributed by atoms with van der Waals surface area (Å²) in [5.74, 6) is 1.26. The number of carbonyl (C=O) groups excluding carboxylic acids is 1. The number of hydrogen-bond donors (Lipinski definition) is 1. The van der Waals surface area contributed by atoms with Gasteiger partial charge in [-0.2, -0.15) is 0 Å². The molecule has 0 aromatic carbocycles. The van der Waals surface area contributed by atoms with Crippen molar-refractivity contribution in [1.82, 2.24) is 9.97 Å². The minimum absolute atomic E-state index is 0. The highest BCUT2D eigenvalue weighted by atomic mass is 16.5. The Morgan fingerprint density at radius 3 is 2.56 bits per heavy atom. The molecule has 1 N–H and O–H groups in total. The number of carbonyl (C=O) groups is 1. The van der Waals surface area contributed by atoms with Crippen LogP contribution in [-0.4, -0.2) is 23.2 Å². The van der Waals surface area contributed by atoms with Gasteiger partial charge in [0.1, 0.15) is 0 Å². The van der Waals surface area contributed by atoms with E-state index in [0.717, 1.165) is 5.92 Å². The van der Waals surface area contributed by atoms with E-state index in [2.05, 4.69) is 40.8 Å². The van der Waals surface area contributed by atoms with Crippen molar-refractivity contribution in [3.8, 4) is 0 Å². The number of rotatable bonds is 2. The van der Waals surface area contributed by atoms with E-state index in [4.69, 9.17) is 0 Å². The molecule has 0 saturated heterocycles. The summed E-state index contributed by atoms with van der Waals surface area (Å²) in [6, 6.07) is 0. The van der Waals surface area contributed by atoms with Crippen LogP contribution in [0.15, 0.2) is 18.6 Å². The van der Waals surface area contributed by atoms with Gasteiger partial charge in [-0.15, -0.1) is 0 Å². The van der Waals surface area contributed by atoms with Crippen LogP contribution in [-0.2, 0) is 4.74 Å². The molecule has 16 heavy (non-hydrogen) atoms. The molecule has 0 fully saturated rings. The van der Waals surface area contributed by atoms with E-state index < -0.39 is 6.09 Å². The maximum Gasteiger partial charge on any atom is 0.412 e. The molecule has 1 rings (SSSR count). The molecule has 0 unspecified atom stereocenters. The quantitative estimate of drug-likeness (QED) is 0.843. The lowest BCUT2D eigenvalue weighted by Gasteiger charge is -1.99. The molecule has 0 atom stereocenters. The standard InChI is InChI=1S/C6H7N3O2.C5H12.H2/c1-11-6(10)9-5-4-7-2-3-8-5;1-4-5(2)3;/h2-4H,1H3,(H,8,9,10);5H,4H2,1-3H3;1H. The maximum absolute atomic E-state index is 10.6. The number of ether oxygens (including phenoxy) is 1. The van der Waals surface area contributed by atoms with Crippen LogP contribution in [0.5, 0.6) is 0 Å². The third kappa shape index (κ3) is 7.73. The van der Waals surface area contributed by atoms with Gasteiger partial charge in [-0.3, -0.25) is 10.3 Å². The first-order chi connectivity index (χ1) is 7.60. The zero-order valence-electron chi connectivity index (χ0n) is 10.2. The molecule has 0 bridgehead atoms. The van der Waals surface area contributed by atoms with E-state index in [-0.39, 0.29) is 1.43 Å². The molecule has 0 spiro atoms. The average molecular weight is 227 g/mol. The van der Waals surface area contributed by atoms with Crippen molar-refractivity contribution in [2.24, 2.45) is 5.92 Å². The molecule has 5 heteroatoms. The van der Waals surface area contributed by atoms with Crippen LogP contribution in [0.25, 0.3) is 0 Å². The first-order valence-electron chi connectivity index (χ1n) is 5.21. The first kappa shape index (κ1) is 14.3. The number of aromatic nitrogens is 2. The molecule has 1 heterocycles. The Morgan fingerprint density at radius 2 is 2.19 bits per heavy atom. The molecular weight excluding hydrogens is 206 g/mol. The van der Waals surface area contributed by atoms with Gasteiger partial charge < -0.3 is 4.74 Å². The molecule has 0 radical (unpaired) electrons. The smallest absolute Gasteiger partial charge is 0.412 e. The predicted molar refractivity (Wildman–Crippen MR) is 65.3 cm³/mol. The molecule has 1 amide bonds. The fourth-order valence-corrected chi connectivity index (χ4v) is 0.519. The second-order valence-electron chi connectivity index (χ2n) is 3.51. The summed E-state index contributed by atoms with van der Waals surface area (Å²) >= 11 is 0. The predicted octanol–water partition coefficient (Wildman–Crippen LogP) is 2.95. The van der Waals surface area contributed by atoms with Crippen molar-refractivity contribution in [2.45, 2.75) is 27.2 Å². The van der Waals surface area contributed by atoms with Crippen molar-refractivity contribution >= 4 is 11.9 Å². The monoisotopic (exact) mass is 227 g/mol. The van der Waals surface area contributed by atoms with Crippen molar-refractivity contribution < 1.29 is 11.0 Å². The number of anilines is 1. The van der Waals surface area contributed by atoms with E-state index in [0.29, 0.717) is 5.82 Å². The van der Waals surface area contributed by atoms with Crippen molar-refractivity contribution in [3.05, 3.63) is 18.6 Å². The number of amides is 1. The molecule has 0 aliphatic carbocycles. The van der Waals surface area contributed by atoms with Gasteiger partial charge >= 0.3 is 6.09 Å². The molecule has 92 valence electrons. The number of hydrogen-bond acceptors (Lipinski definition) is 4. The maximum atomic E-state index is 10.6. The highest BCUT2D eigenvalue weighted by molar-refractivity contribution is 5.82. The van der Waals surface area contributed by atoms with Gasteiger partial charge in [0.2, 0.25) is 0 Å². The second kappa shape index (κ2) is 8.64. The third-order valence-electron chi connectivity index (χ3n) is 1.80. The van der Waals surface area contributed by atoms with Gasteiger partial charge in [-0.1, -0.05) is 27.2 Å². The van der Waals surface area contributed by atoms with Gasteiger partial charge in [0.25, 0.3) is 0 Å². The largest absolute Gasteiger partial charge is 0.453 e. The summed E-state index contributed by atoms with van der Waals surface area (Å²) in [7, 11) is 1.28. The minimum atomic E-state index is -0.550. The molecule has 5 nitrogen and oxygen atoms in total. The summed E-state index contributed by atoms with van der Waals surface area (Å²) in [5, 5.41) is 2.36. The summed E-state index contributed by atoms with van der Waals surface area (Å²) in [6.07, 6.45) is 5.18. The minimum Gasteiger partial charge on any atom is -0.453 e. The fourth-order valence-electron chi connectivity index (χ4n) is 0.519. The van der Waals surface area contributed by atoms with Crippen LogP contribution < -0.4 is 5.32 Å². The highest BCUT2D eigenvalue weighted by Crippen LogP contribution is 1.96. The van der Waals surface area contributed by atoms with Crippen LogP contribution in [0.2, 0.25) is 0 Å². The molecule has 0 saturated carbocycles. The zero-order chi connectivity index (χ0) is 12.4. The zero-order valence-corrected chi connectivity index (χ0v) is 10.2. The molecular formula is C11H21N3O2. The van der Waals surface area contributed by atoms with Crippen LogP contribution in [0.3, 0.4) is 0 Å². The van der Waals surface area contributed by atoms with Crippen LogP contribution in [0, 0.1) is 5.92 Å².